The van der Waals surface area contributed by atoms with Gasteiger partial charge >= 0.3 is 6.18 Å². The van der Waals surface area contributed by atoms with Crippen LogP contribution in [0.25, 0.3) is 11.0 Å². The summed E-state index contributed by atoms with van der Waals surface area (Å²) in [4.78, 5) is 7.31. The van der Waals surface area contributed by atoms with Gasteiger partial charge in [-0.25, -0.2) is 9.67 Å². The molecule has 15 heavy (non-hydrogen) atoms. The van der Waals surface area contributed by atoms with E-state index in [4.69, 9.17) is 11.6 Å². The van der Waals surface area contributed by atoms with Crippen LogP contribution in [-0.2, 0) is 6.54 Å². The van der Waals surface area contributed by atoms with E-state index in [-0.39, 0.29) is 10.9 Å². The van der Waals surface area contributed by atoms with Crippen molar-refractivity contribution in [2.24, 2.45) is 0 Å². The van der Waals surface area contributed by atoms with Gasteiger partial charge in [-0.1, -0.05) is 0 Å². The Morgan fingerprint density at radius 1 is 1.33 bits per heavy atom. The van der Waals surface area contributed by atoms with Crippen LogP contribution in [0.15, 0.2) is 12.4 Å². The summed E-state index contributed by atoms with van der Waals surface area (Å²) in [6.45, 7) is -1.19. The van der Waals surface area contributed by atoms with E-state index in [9.17, 15) is 13.2 Å². The fraction of sp³-hybridized carbons (Fsp3) is 0.286. The average Bonchev–Trinajstić information content (AvgIpc) is 2.46. The molecule has 0 aliphatic carbocycles. The highest BCUT2D eigenvalue weighted by atomic mass is 35.5. The average molecular weight is 237 g/mol. The summed E-state index contributed by atoms with van der Waals surface area (Å²) in [5, 5.41) is 3.87. The Morgan fingerprint density at radius 2 is 2.07 bits per heavy atom. The standard InChI is InChI=1S/C7H4ClF3N4/c8-6-12-1-4-2-13-15(5(4)14-6)3-7(9,10)11/h1-2H,3H2. The molecule has 0 aliphatic rings. The Hall–Kier alpha value is -1.37. The molecule has 0 aromatic carbocycles. The number of aromatic nitrogens is 4. The lowest BCUT2D eigenvalue weighted by molar-refractivity contribution is -0.141. The quantitative estimate of drug-likeness (QED) is 0.712. The van der Waals surface area contributed by atoms with Crippen molar-refractivity contribution in [1.29, 1.82) is 0 Å². The van der Waals surface area contributed by atoms with Crippen LogP contribution in [0.5, 0.6) is 0 Å². The van der Waals surface area contributed by atoms with Crippen molar-refractivity contribution in [3.05, 3.63) is 17.7 Å². The molecular formula is C7H4ClF3N4. The molecule has 2 aromatic rings. The second kappa shape index (κ2) is 3.34. The van der Waals surface area contributed by atoms with Crippen molar-refractivity contribution in [1.82, 2.24) is 19.7 Å². The Bertz CT molecular complexity index is 492. The van der Waals surface area contributed by atoms with Crippen LogP contribution in [-0.4, -0.2) is 25.9 Å². The maximum absolute atomic E-state index is 12.1. The van der Waals surface area contributed by atoms with Crippen molar-refractivity contribution in [2.75, 3.05) is 0 Å². The van der Waals surface area contributed by atoms with Gasteiger partial charge in [0.05, 0.1) is 11.6 Å². The first-order valence-corrected chi connectivity index (χ1v) is 4.24. The Kier molecular flexibility index (Phi) is 2.26. The normalized spacial score (nSPS) is 12.3. The van der Waals surface area contributed by atoms with Crippen molar-refractivity contribution < 1.29 is 13.2 Å². The molecule has 80 valence electrons. The van der Waals surface area contributed by atoms with Crippen molar-refractivity contribution >= 4 is 22.6 Å². The molecule has 0 saturated heterocycles. The van der Waals surface area contributed by atoms with Gasteiger partial charge in [0.1, 0.15) is 6.54 Å². The van der Waals surface area contributed by atoms with Gasteiger partial charge in [0.2, 0.25) is 5.28 Å². The Morgan fingerprint density at radius 3 is 2.73 bits per heavy atom. The zero-order chi connectivity index (χ0) is 11.1. The molecular weight excluding hydrogens is 233 g/mol. The molecule has 0 N–H and O–H groups in total. The minimum Gasteiger partial charge on any atom is -0.238 e. The largest absolute Gasteiger partial charge is 0.408 e. The van der Waals surface area contributed by atoms with Crippen LogP contribution in [0.4, 0.5) is 13.2 Å². The summed E-state index contributed by atoms with van der Waals surface area (Å²) in [6.07, 6.45) is -1.75. The summed E-state index contributed by atoms with van der Waals surface area (Å²) in [5.41, 5.74) is 0.0762. The van der Waals surface area contributed by atoms with Crippen molar-refractivity contribution in [2.45, 2.75) is 12.7 Å². The molecule has 0 spiro atoms. The molecule has 8 heteroatoms. The summed E-state index contributed by atoms with van der Waals surface area (Å²) >= 11 is 5.47. The number of fused-ring (bicyclic) bond motifs is 1. The van der Waals surface area contributed by atoms with Crippen LogP contribution in [0, 0.1) is 0 Å². The van der Waals surface area contributed by atoms with E-state index in [0.717, 1.165) is 4.68 Å². The minimum atomic E-state index is -4.34. The van der Waals surface area contributed by atoms with E-state index >= 15 is 0 Å². The second-order valence-corrected chi connectivity index (χ2v) is 3.17. The Labute approximate surface area is 86.7 Å². The van der Waals surface area contributed by atoms with Gasteiger partial charge in [0, 0.05) is 6.20 Å². The van der Waals surface area contributed by atoms with Gasteiger partial charge in [0.25, 0.3) is 0 Å². The molecule has 2 heterocycles. The fourth-order valence-corrected chi connectivity index (χ4v) is 1.26. The summed E-state index contributed by atoms with van der Waals surface area (Å²) in [5.74, 6) is 0. The summed E-state index contributed by atoms with van der Waals surface area (Å²) in [7, 11) is 0. The predicted octanol–water partition coefficient (Wildman–Crippen LogP) is 2.04. The van der Waals surface area contributed by atoms with Gasteiger partial charge in [-0.15, -0.1) is 0 Å². The SMILES string of the molecule is FC(F)(F)Cn1ncc2cnc(Cl)nc21. The van der Waals surface area contributed by atoms with Crippen LogP contribution in [0.3, 0.4) is 0 Å². The second-order valence-electron chi connectivity index (χ2n) is 2.84. The maximum atomic E-state index is 12.1. The lowest BCUT2D eigenvalue weighted by Gasteiger charge is -2.06. The molecule has 2 rings (SSSR count). The lowest BCUT2D eigenvalue weighted by Crippen LogP contribution is -2.18. The van der Waals surface area contributed by atoms with Gasteiger partial charge in [0.15, 0.2) is 5.65 Å². The van der Waals surface area contributed by atoms with Gasteiger partial charge in [-0.05, 0) is 11.6 Å². The fourth-order valence-electron chi connectivity index (χ4n) is 1.13. The molecule has 0 atom stereocenters. The third kappa shape index (κ3) is 2.17. The molecule has 0 saturated carbocycles. The minimum absolute atomic E-state index is 0.0762. The third-order valence-electron chi connectivity index (χ3n) is 1.68. The third-order valence-corrected chi connectivity index (χ3v) is 1.86. The van der Waals surface area contributed by atoms with Gasteiger partial charge in [-0.2, -0.15) is 23.3 Å². The van der Waals surface area contributed by atoms with Crippen LogP contribution >= 0.6 is 11.6 Å². The number of alkyl halides is 3. The monoisotopic (exact) mass is 236 g/mol. The first kappa shape index (κ1) is 10.2. The van der Waals surface area contributed by atoms with E-state index in [1.807, 2.05) is 0 Å². The molecule has 0 aliphatic heterocycles. The van der Waals surface area contributed by atoms with Crippen LogP contribution in [0.2, 0.25) is 5.28 Å². The zero-order valence-electron chi connectivity index (χ0n) is 7.16. The first-order valence-electron chi connectivity index (χ1n) is 3.86. The smallest absolute Gasteiger partial charge is 0.238 e. The lowest BCUT2D eigenvalue weighted by atomic mass is 10.4. The van der Waals surface area contributed by atoms with Crippen molar-refractivity contribution in [3.63, 3.8) is 0 Å². The van der Waals surface area contributed by atoms with E-state index in [1.54, 1.807) is 0 Å². The summed E-state index contributed by atoms with van der Waals surface area (Å²) in [6, 6.07) is 0. The number of hydrogen-bond donors (Lipinski definition) is 0. The van der Waals surface area contributed by atoms with E-state index in [1.165, 1.54) is 12.4 Å². The van der Waals surface area contributed by atoms with Gasteiger partial charge < -0.3 is 0 Å². The van der Waals surface area contributed by atoms with E-state index in [2.05, 4.69) is 15.1 Å². The highest BCUT2D eigenvalue weighted by molar-refractivity contribution is 6.28. The topological polar surface area (TPSA) is 43.6 Å². The maximum Gasteiger partial charge on any atom is 0.408 e. The number of halogens is 4. The molecule has 0 radical (unpaired) electrons. The first-order chi connectivity index (χ1) is 6.96. The van der Waals surface area contributed by atoms with E-state index < -0.39 is 12.7 Å². The van der Waals surface area contributed by atoms with Crippen LogP contribution in [0.1, 0.15) is 0 Å². The molecule has 0 fully saturated rings. The molecule has 4 nitrogen and oxygen atoms in total. The van der Waals surface area contributed by atoms with Crippen molar-refractivity contribution in [3.8, 4) is 0 Å². The molecule has 0 bridgehead atoms. The predicted molar refractivity (Wildman–Crippen MR) is 46.4 cm³/mol. The Balaban J connectivity index is 2.48. The van der Waals surface area contributed by atoms with Gasteiger partial charge in [-0.3, -0.25) is 0 Å². The van der Waals surface area contributed by atoms with Crippen LogP contribution < -0.4 is 0 Å². The molecule has 2 aromatic heterocycles. The highest BCUT2D eigenvalue weighted by Crippen LogP contribution is 2.20. The summed E-state index contributed by atoms with van der Waals surface area (Å²) < 4.78 is 37.1. The number of rotatable bonds is 1. The zero-order valence-corrected chi connectivity index (χ0v) is 7.92. The molecule has 0 amide bonds. The van der Waals surface area contributed by atoms with E-state index in [0.29, 0.717) is 5.39 Å². The number of hydrogen-bond acceptors (Lipinski definition) is 3. The number of nitrogens with zero attached hydrogens (tertiary/aromatic N) is 4. The highest BCUT2D eigenvalue weighted by Gasteiger charge is 2.29. The molecule has 0 unspecified atom stereocenters.